The van der Waals surface area contributed by atoms with Crippen molar-refractivity contribution in [1.82, 2.24) is 9.78 Å². The molecule has 1 aromatic heterocycles. The van der Waals surface area contributed by atoms with E-state index in [1.54, 1.807) is 24.0 Å². The van der Waals surface area contributed by atoms with Crippen LogP contribution in [0.3, 0.4) is 0 Å². The Morgan fingerprint density at radius 3 is 2.60 bits per heavy atom. The zero-order chi connectivity index (χ0) is 14.9. The van der Waals surface area contributed by atoms with Gasteiger partial charge in [-0.25, -0.2) is 0 Å². The SMILES string of the molecule is Cc1c(C(=O)Nc2ccc(N(C)C)c(Cl)c2)cnn1C. The molecule has 0 aliphatic heterocycles. The predicted octanol–water partition coefficient (Wildman–Crippen LogP) is 2.70. The topological polar surface area (TPSA) is 50.2 Å². The van der Waals surface area contributed by atoms with Gasteiger partial charge in [0.15, 0.2) is 0 Å². The van der Waals surface area contributed by atoms with Crippen LogP contribution >= 0.6 is 11.6 Å². The molecular weight excluding hydrogens is 276 g/mol. The number of aromatic nitrogens is 2. The van der Waals surface area contributed by atoms with Crippen LogP contribution in [0.4, 0.5) is 11.4 Å². The quantitative estimate of drug-likeness (QED) is 0.946. The smallest absolute Gasteiger partial charge is 0.259 e. The van der Waals surface area contributed by atoms with Crippen molar-refractivity contribution in [2.45, 2.75) is 6.92 Å². The molecule has 0 fully saturated rings. The number of aryl methyl sites for hydroxylation is 1. The van der Waals surface area contributed by atoms with Gasteiger partial charge in [0.25, 0.3) is 5.91 Å². The van der Waals surface area contributed by atoms with E-state index in [0.29, 0.717) is 16.3 Å². The molecule has 0 saturated carbocycles. The van der Waals surface area contributed by atoms with E-state index in [2.05, 4.69) is 10.4 Å². The molecule has 1 heterocycles. The highest BCUT2D eigenvalue weighted by atomic mass is 35.5. The van der Waals surface area contributed by atoms with Crippen LogP contribution in [0.1, 0.15) is 16.1 Å². The first-order valence-corrected chi connectivity index (χ1v) is 6.54. The van der Waals surface area contributed by atoms with Gasteiger partial charge >= 0.3 is 0 Å². The van der Waals surface area contributed by atoms with Crippen molar-refractivity contribution in [1.29, 1.82) is 0 Å². The zero-order valence-electron chi connectivity index (χ0n) is 11.9. The molecule has 0 bridgehead atoms. The lowest BCUT2D eigenvalue weighted by Gasteiger charge is -2.15. The summed E-state index contributed by atoms with van der Waals surface area (Å²) >= 11 is 6.18. The third kappa shape index (κ3) is 2.77. The average molecular weight is 293 g/mol. The van der Waals surface area contributed by atoms with Crippen LogP contribution in [0, 0.1) is 6.92 Å². The molecule has 0 aliphatic carbocycles. The summed E-state index contributed by atoms with van der Waals surface area (Å²) in [5.41, 5.74) is 2.94. The van der Waals surface area contributed by atoms with Crippen molar-refractivity contribution in [3.63, 3.8) is 0 Å². The Hall–Kier alpha value is -2.01. The van der Waals surface area contributed by atoms with Crippen LogP contribution < -0.4 is 10.2 Å². The molecule has 1 amide bonds. The average Bonchev–Trinajstić information content (AvgIpc) is 2.69. The molecule has 0 unspecified atom stereocenters. The molecule has 2 aromatic rings. The number of hydrogen-bond donors (Lipinski definition) is 1. The second kappa shape index (κ2) is 5.54. The van der Waals surface area contributed by atoms with E-state index < -0.39 is 0 Å². The molecule has 1 aromatic carbocycles. The van der Waals surface area contributed by atoms with Gasteiger partial charge in [-0.3, -0.25) is 9.48 Å². The predicted molar refractivity (Wildman–Crippen MR) is 81.7 cm³/mol. The maximum Gasteiger partial charge on any atom is 0.259 e. The summed E-state index contributed by atoms with van der Waals surface area (Å²) in [6.07, 6.45) is 1.56. The van der Waals surface area contributed by atoms with E-state index in [9.17, 15) is 4.79 Å². The maximum atomic E-state index is 12.2. The lowest BCUT2D eigenvalue weighted by Crippen LogP contribution is -2.14. The molecule has 5 nitrogen and oxygen atoms in total. The van der Waals surface area contributed by atoms with Crippen molar-refractivity contribution >= 4 is 28.9 Å². The molecule has 6 heteroatoms. The molecule has 0 saturated heterocycles. The number of anilines is 2. The van der Waals surface area contributed by atoms with Crippen molar-refractivity contribution in [2.24, 2.45) is 7.05 Å². The van der Waals surface area contributed by atoms with Gasteiger partial charge in [0.2, 0.25) is 0 Å². The van der Waals surface area contributed by atoms with Gasteiger partial charge in [0.05, 0.1) is 22.5 Å². The lowest BCUT2D eigenvalue weighted by atomic mass is 10.2. The Bertz CT molecular complexity index is 649. The van der Waals surface area contributed by atoms with Crippen molar-refractivity contribution in [2.75, 3.05) is 24.3 Å². The van der Waals surface area contributed by atoms with Gasteiger partial charge in [-0.1, -0.05) is 11.6 Å². The van der Waals surface area contributed by atoms with Gasteiger partial charge in [0, 0.05) is 32.5 Å². The number of carbonyl (C=O) groups excluding carboxylic acids is 1. The number of nitrogens with zero attached hydrogens (tertiary/aromatic N) is 3. The van der Waals surface area contributed by atoms with E-state index in [0.717, 1.165) is 11.4 Å². The number of amides is 1. The molecule has 0 spiro atoms. The fourth-order valence-electron chi connectivity index (χ4n) is 1.87. The van der Waals surface area contributed by atoms with E-state index in [1.807, 2.05) is 38.1 Å². The maximum absolute atomic E-state index is 12.2. The van der Waals surface area contributed by atoms with Crippen LogP contribution in [-0.4, -0.2) is 29.8 Å². The minimum absolute atomic E-state index is 0.190. The molecule has 0 aliphatic rings. The summed E-state index contributed by atoms with van der Waals surface area (Å²) in [5.74, 6) is -0.190. The first-order valence-electron chi connectivity index (χ1n) is 6.17. The number of nitrogens with one attached hydrogen (secondary N) is 1. The van der Waals surface area contributed by atoms with Crippen LogP contribution in [0.25, 0.3) is 0 Å². The second-order valence-electron chi connectivity index (χ2n) is 4.78. The van der Waals surface area contributed by atoms with E-state index >= 15 is 0 Å². The van der Waals surface area contributed by atoms with Crippen molar-refractivity contribution in [3.05, 3.63) is 40.7 Å². The van der Waals surface area contributed by atoms with Gasteiger partial charge in [0.1, 0.15) is 0 Å². The van der Waals surface area contributed by atoms with Gasteiger partial charge in [-0.2, -0.15) is 5.10 Å². The molecule has 0 radical (unpaired) electrons. The third-order valence-corrected chi connectivity index (χ3v) is 3.47. The Morgan fingerprint density at radius 2 is 2.10 bits per heavy atom. The number of benzene rings is 1. The number of hydrogen-bond acceptors (Lipinski definition) is 3. The number of rotatable bonds is 3. The van der Waals surface area contributed by atoms with Crippen LogP contribution in [0.15, 0.2) is 24.4 Å². The fourth-order valence-corrected chi connectivity index (χ4v) is 2.22. The highest BCUT2D eigenvalue weighted by Gasteiger charge is 2.13. The Labute approximate surface area is 123 Å². The molecule has 2 rings (SSSR count). The molecule has 0 atom stereocenters. The zero-order valence-corrected chi connectivity index (χ0v) is 12.7. The van der Waals surface area contributed by atoms with Crippen LogP contribution in [0.5, 0.6) is 0 Å². The highest BCUT2D eigenvalue weighted by Crippen LogP contribution is 2.27. The molecule has 20 heavy (non-hydrogen) atoms. The Balaban J connectivity index is 2.20. The summed E-state index contributed by atoms with van der Waals surface area (Å²) in [6, 6.07) is 5.43. The fraction of sp³-hybridized carbons (Fsp3) is 0.286. The number of carbonyl (C=O) groups is 1. The minimum atomic E-state index is -0.190. The van der Waals surface area contributed by atoms with Crippen LogP contribution in [0.2, 0.25) is 5.02 Å². The van der Waals surface area contributed by atoms with E-state index in [-0.39, 0.29) is 5.91 Å². The van der Waals surface area contributed by atoms with Gasteiger partial charge < -0.3 is 10.2 Å². The van der Waals surface area contributed by atoms with Gasteiger partial charge in [-0.15, -0.1) is 0 Å². The summed E-state index contributed by atoms with van der Waals surface area (Å²) < 4.78 is 1.66. The Morgan fingerprint density at radius 1 is 1.40 bits per heavy atom. The normalized spacial score (nSPS) is 10.4. The summed E-state index contributed by atoms with van der Waals surface area (Å²) in [5, 5.41) is 7.47. The first kappa shape index (κ1) is 14.4. The largest absolute Gasteiger partial charge is 0.376 e. The van der Waals surface area contributed by atoms with Gasteiger partial charge in [-0.05, 0) is 25.1 Å². The molecule has 1 N–H and O–H groups in total. The summed E-state index contributed by atoms with van der Waals surface area (Å²) in [6.45, 7) is 1.85. The minimum Gasteiger partial charge on any atom is -0.376 e. The third-order valence-electron chi connectivity index (χ3n) is 3.17. The summed E-state index contributed by atoms with van der Waals surface area (Å²) in [4.78, 5) is 14.1. The van der Waals surface area contributed by atoms with E-state index in [4.69, 9.17) is 11.6 Å². The molecule has 106 valence electrons. The Kier molecular flexibility index (Phi) is 3.99. The standard InChI is InChI=1S/C14H17ClN4O/c1-9-11(8-16-19(9)4)14(20)17-10-5-6-13(18(2)3)12(15)7-10/h5-8H,1-4H3,(H,17,20). The van der Waals surface area contributed by atoms with E-state index in [1.165, 1.54) is 0 Å². The molecular formula is C14H17ClN4O. The summed E-state index contributed by atoms with van der Waals surface area (Å²) in [7, 11) is 5.63. The van der Waals surface area contributed by atoms with Crippen molar-refractivity contribution < 1.29 is 4.79 Å². The van der Waals surface area contributed by atoms with Crippen molar-refractivity contribution in [3.8, 4) is 0 Å². The highest BCUT2D eigenvalue weighted by molar-refractivity contribution is 6.33. The second-order valence-corrected chi connectivity index (χ2v) is 5.19. The monoisotopic (exact) mass is 292 g/mol. The lowest BCUT2D eigenvalue weighted by molar-refractivity contribution is 0.102. The first-order chi connectivity index (χ1) is 9.40. The van der Waals surface area contributed by atoms with Crippen LogP contribution in [-0.2, 0) is 7.05 Å². The number of halogens is 1.